The third-order valence-corrected chi connectivity index (χ3v) is 5.67. The van der Waals surface area contributed by atoms with Gasteiger partial charge in [-0.2, -0.15) is 5.10 Å². The first kappa shape index (κ1) is 16.0. The Morgan fingerprint density at radius 1 is 1.24 bits per heavy atom. The highest BCUT2D eigenvalue weighted by molar-refractivity contribution is 7.19. The molecule has 3 aromatic rings. The third-order valence-electron chi connectivity index (χ3n) is 4.49. The van der Waals surface area contributed by atoms with Crippen molar-refractivity contribution in [3.63, 3.8) is 0 Å². The van der Waals surface area contributed by atoms with Crippen molar-refractivity contribution in [2.75, 3.05) is 5.43 Å². The lowest BCUT2D eigenvalue weighted by Gasteiger charge is -2.11. The smallest absolute Gasteiger partial charge is 0.159 e. The second-order valence-corrected chi connectivity index (χ2v) is 7.25. The molecule has 2 heterocycles. The number of anilines is 1. The van der Waals surface area contributed by atoms with Crippen LogP contribution in [0.3, 0.4) is 0 Å². The highest BCUT2D eigenvalue weighted by atomic mass is 32.1. The topological polar surface area (TPSA) is 70.4 Å². The first-order valence-corrected chi connectivity index (χ1v) is 9.46. The van der Waals surface area contributed by atoms with Gasteiger partial charge in [0.05, 0.1) is 11.6 Å². The van der Waals surface area contributed by atoms with Gasteiger partial charge in [0, 0.05) is 16.9 Å². The summed E-state index contributed by atoms with van der Waals surface area (Å²) in [5.41, 5.74) is 5.14. The molecule has 6 heteroatoms. The Balaban J connectivity index is 1.72. The maximum Gasteiger partial charge on any atom is 0.159 e. The van der Waals surface area contributed by atoms with Gasteiger partial charge < -0.3 is 5.11 Å². The van der Waals surface area contributed by atoms with Crippen LogP contribution in [-0.2, 0) is 19.3 Å². The number of para-hydroxylation sites is 1. The Labute approximate surface area is 150 Å². The van der Waals surface area contributed by atoms with E-state index >= 15 is 0 Å². The minimum Gasteiger partial charge on any atom is -0.507 e. The van der Waals surface area contributed by atoms with Crippen LogP contribution in [0.4, 0.5) is 5.82 Å². The summed E-state index contributed by atoms with van der Waals surface area (Å²) in [6, 6.07) is 7.13. The molecule has 128 valence electrons. The van der Waals surface area contributed by atoms with Crippen molar-refractivity contribution in [3.05, 3.63) is 46.1 Å². The van der Waals surface area contributed by atoms with Gasteiger partial charge in [0.15, 0.2) is 5.82 Å². The standard InChI is InChI=1S/C19H20N4OS/c1-2-16-21-18(23-20-11-12-7-3-5-9-14(12)24)17-13-8-4-6-10-15(13)25-19(17)22-16/h3,5,7,9,11,24H,2,4,6,8,10H2,1H3,(H,21,22,23)/b20-11-. The normalized spacial score (nSPS) is 14.1. The third kappa shape index (κ3) is 3.09. The number of phenolic OH excluding ortho intramolecular Hbond substituents is 1. The van der Waals surface area contributed by atoms with Gasteiger partial charge in [0.2, 0.25) is 0 Å². The van der Waals surface area contributed by atoms with Crippen molar-refractivity contribution in [2.24, 2.45) is 5.10 Å². The molecule has 0 amide bonds. The molecule has 0 spiro atoms. The fourth-order valence-corrected chi connectivity index (χ4v) is 4.48. The molecule has 0 fully saturated rings. The lowest BCUT2D eigenvalue weighted by atomic mass is 9.97. The average molecular weight is 352 g/mol. The number of phenols is 1. The van der Waals surface area contributed by atoms with E-state index in [2.05, 4.69) is 22.4 Å². The van der Waals surface area contributed by atoms with Crippen LogP contribution in [0.2, 0.25) is 0 Å². The first-order valence-electron chi connectivity index (χ1n) is 8.64. The van der Waals surface area contributed by atoms with Crippen LogP contribution in [-0.4, -0.2) is 21.3 Å². The SMILES string of the molecule is CCc1nc(N/N=C\c2ccccc2O)c2c3c(sc2n1)CCCC3. The summed E-state index contributed by atoms with van der Waals surface area (Å²) < 4.78 is 0. The van der Waals surface area contributed by atoms with E-state index in [9.17, 15) is 5.11 Å². The molecular weight excluding hydrogens is 332 g/mol. The van der Waals surface area contributed by atoms with Gasteiger partial charge in [0.25, 0.3) is 0 Å². The van der Waals surface area contributed by atoms with E-state index in [0.29, 0.717) is 5.56 Å². The van der Waals surface area contributed by atoms with Gasteiger partial charge in [-0.1, -0.05) is 19.1 Å². The number of nitrogens with one attached hydrogen (secondary N) is 1. The van der Waals surface area contributed by atoms with Crippen LogP contribution in [0.15, 0.2) is 29.4 Å². The molecule has 2 N–H and O–H groups in total. The molecule has 2 aromatic heterocycles. The lowest BCUT2D eigenvalue weighted by molar-refractivity contribution is 0.474. The quantitative estimate of drug-likeness (QED) is 0.543. The van der Waals surface area contributed by atoms with Crippen molar-refractivity contribution < 1.29 is 5.11 Å². The highest BCUT2D eigenvalue weighted by Crippen LogP contribution is 2.38. The molecule has 1 aromatic carbocycles. The van der Waals surface area contributed by atoms with Crippen LogP contribution in [0.5, 0.6) is 5.75 Å². The molecule has 25 heavy (non-hydrogen) atoms. The zero-order valence-corrected chi connectivity index (χ0v) is 14.9. The van der Waals surface area contributed by atoms with Gasteiger partial charge in [-0.15, -0.1) is 11.3 Å². The van der Waals surface area contributed by atoms with Crippen molar-refractivity contribution in [1.82, 2.24) is 9.97 Å². The summed E-state index contributed by atoms with van der Waals surface area (Å²) in [4.78, 5) is 11.9. The number of aromatic hydroxyl groups is 1. The van der Waals surface area contributed by atoms with Gasteiger partial charge >= 0.3 is 0 Å². The molecule has 0 atom stereocenters. The fourth-order valence-electron chi connectivity index (χ4n) is 3.20. The molecule has 0 bridgehead atoms. The number of hydrogen-bond acceptors (Lipinski definition) is 6. The summed E-state index contributed by atoms with van der Waals surface area (Å²) in [6.07, 6.45) is 7.10. The van der Waals surface area contributed by atoms with Crippen LogP contribution in [0.1, 0.15) is 41.6 Å². The number of rotatable bonds is 4. The number of thiophene rings is 1. The maximum atomic E-state index is 9.84. The number of hydrogen-bond donors (Lipinski definition) is 2. The zero-order chi connectivity index (χ0) is 17.2. The summed E-state index contributed by atoms with van der Waals surface area (Å²) in [6.45, 7) is 2.06. The maximum absolute atomic E-state index is 9.84. The number of nitrogens with zero attached hydrogens (tertiary/aromatic N) is 3. The van der Waals surface area contributed by atoms with E-state index in [4.69, 9.17) is 4.98 Å². The van der Waals surface area contributed by atoms with Gasteiger partial charge in [0.1, 0.15) is 16.4 Å². The van der Waals surface area contributed by atoms with E-state index < -0.39 is 0 Å². The minimum atomic E-state index is 0.211. The summed E-state index contributed by atoms with van der Waals surface area (Å²) in [7, 11) is 0. The van der Waals surface area contributed by atoms with Crippen molar-refractivity contribution in [2.45, 2.75) is 39.0 Å². The van der Waals surface area contributed by atoms with Crippen LogP contribution >= 0.6 is 11.3 Å². The Bertz CT molecular complexity index is 948. The van der Waals surface area contributed by atoms with Gasteiger partial charge in [-0.3, -0.25) is 5.43 Å². The molecule has 5 nitrogen and oxygen atoms in total. The van der Waals surface area contributed by atoms with Crippen LogP contribution in [0.25, 0.3) is 10.2 Å². The van der Waals surface area contributed by atoms with Crippen molar-refractivity contribution >= 4 is 33.6 Å². The van der Waals surface area contributed by atoms with E-state index in [1.165, 1.54) is 23.3 Å². The second kappa shape index (κ2) is 6.80. The summed E-state index contributed by atoms with van der Waals surface area (Å²) in [5.74, 6) is 1.81. The monoisotopic (exact) mass is 352 g/mol. The Hall–Kier alpha value is -2.47. The van der Waals surface area contributed by atoms with E-state index in [0.717, 1.165) is 41.1 Å². The summed E-state index contributed by atoms with van der Waals surface area (Å²) >= 11 is 1.79. The number of benzene rings is 1. The lowest BCUT2D eigenvalue weighted by Crippen LogP contribution is -2.03. The Morgan fingerprint density at radius 3 is 2.92 bits per heavy atom. The largest absolute Gasteiger partial charge is 0.507 e. The molecule has 0 aliphatic heterocycles. The fraction of sp³-hybridized carbons (Fsp3) is 0.316. The molecule has 1 aliphatic carbocycles. The predicted molar refractivity (Wildman–Crippen MR) is 103 cm³/mol. The highest BCUT2D eigenvalue weighted by Gasteiger charge is 2.20. The Kier molecular flexibility index (Phi) is 4.36. The molecular formula is C19H20N4OS. The molecule has 0 unspecified atom stereocenters. The predicted octanol–water partition coefficient (Wildman–Crippen LogP) is 4.28. The average Bonchev–Trinajstić information content (AvgIpc) is 3.01. The number of aromatic nitrogens is 2. The Morgan fingerprint density at radius 2 is 2.08 bits per heavy atom. The molecule has 0 saturated carbocycles. The molecule has 4 rings (SSSR count). The molecule has 0 radical (unpaired) electrons. The van der Waals surface area contributed by atoms with Gasteiger partial charge in [-0.25, -0.2) is 9.97 Å². The number of hydrazone groups is 1. The summed E-state index contributed by atoms with van der Waals surface area (Å²) in [5, 5.41) is 15.3. The number of fused-ring (bicyclic) bond motifs is 3. The van der Waals surface area contributed by atoms with Crippen LogP contribution in [0, 0.1) is 0 Å². The number of aryl methyl sites for hydroxylation is 3. The van der Waals surface area contributed by atoms with E-state index in [-0.39, 0.29) is 5.75 Å². The van der Waals surface area contributed by atoms with Crippen LogP contribution < -0.4 is 5.43 Å². The minimum absolute atomic E-state index is 0.211. The second-order valence-electron chi connectivity index (χ2n) is 6.16. The van der Waals surface area contributed by atoms with E-state index in [1.54, 1.807) is 29.7 Å². The van der Waals surface area contributed by atoms with E-state index in [1.807, 2.05) is 12.1 Å². The first-order chi connectivity index (χ1) is 12.3. The zero-order valence-electron chi connectivity index (χ0n) is 14.1. The molecule has 0 saturated heterocycles. The van der Waals surface area contributed by atoms with Crippen molar-refractivity contribution in [3.8, 4) is 5.75 Å². The van der Waals surface area contributed by atoms with Crippen molar-refractivity contribution in [1.29, 1.82) is 0 Å². The molecule has 1 aliphatic rings. The van der Waals surface area contributed by atoms with Gasteiger partial charge in [-0.05, 0) is 43.4 Å².